The van der Waals surface area contributed by atoms with E-state index in [1.165, 1.54) is 6.20 Å². The normalized spacial score (nSPS) is 10.7. The van der Waals surface area contributed by atoms with E-state index in [4.69, 9.17) is 27.5 Å². The van der Waals surface area contributed by atoms with Gasteiger partial charge in [0.25, 0.3) is 5.91 Å². The molecule has 116 valence electrons. The molecule has 22 heavy (non-hydrogen) atoms. The van der Waals surface area contributed by atoms with E-state index in [9.17, 15) is 4.79 Å². The fraction of sp³-hybridized carbons (Fsp3) is 0.214. The van der Waals surface area contributed by atoms with Crippen molar-refractivity contribution in [3.8, 4) is 11.3 Å². The number of hydrogen-bond acceptors (Lipinski definition) is 6. The van der Waals surface area contributed by atoms with Crippen molar-refractivity contribution < 1.29 is 15.0 Å². The maximum Gasteiger partial charge on any atom is 0.274 e. The Morgan fingerprint density at radius 1 is 1.36 bits per heavy atom. The predicted molar refractivity (Wildman–Crippen MR) is 82.3 cm³/mol. The molecule has 0 saturated heterocycles. The van der Waals surface area contributed by atoms with E-state index < -0.39 is 25.2 Å². The van der Waals surface area contributed by atoms with Crippen LogP contribution in [0.2, 0.25) is 5.02 Å². The Bertz CT molecular complexity index is 677. The van der Waals surface area contributed by atoms with Crippen LogP contribution in [0.1, 0.15) is 10.5 Å². The van der Waals surface area contributed by atoms with Crippen LogP contribution in [0.3, 0.4) is 0 Å². The van der Waals surface area contributed by atoms with Gasteiger partial charge in [-0.15, -0.1) is 0 Å². The number of anilines is 1. The van der Waals surface area contributed by atoms with Crippen molar-refractivity contribution in [1.82, 2.24) is 15.3 Å². The number of benzene rings is 1. The van der Waals surface area contributed by atoms with Crippen molar-refractivity contribution >= 4 is 23.3 Å². The van der Waals surface area contributed by atoms with Gasteiger partial charge in [-0.05, 0) is 12.1 Å². The van der Waals surface area contributed by atoms with Gasteiger partial charge < -0.3 is 21.3 Å². The molecule has 0 aliphatic rings. The second-order valence-corrected chi connectivity index (χ2v) is 4.97. The lowest BCUT2D eigenvalue weighted by Gasteiger charge is -2.14. The first kappa shape index (κ1) is 16.2. The van der Waals surface area contributed by atoms with Gasteiger partial charge in [0, 0.05) is 10.6 Å². The largest absolute Gasteiger partial charge is 0.394 e. The molecular formula is C14H15ClN4O3. The molecule has 0 spiro atoms. The molecule has 0 bridgehead atoms. The summed E-state index contributed by atoms with van der Waals surface area (Å²) in [6, 6.07) is 6.15. The van der Waals surface area contributed by atoms with Crippen molar-refractivity contribution in [2.45, 2.75) is 6.04 Å². The average molecular weight is 323 g/mol. The van der Waals surface area contributed by atoms with E-state index in [0.29, 0.717) is 16.3 Å². The van der Waals surface area contributed by atoms with Crippen LogP contribution >= 0.6 is 11.6 Å². The van der Waals surface area contributed by atoms with Crippen LogP contribution in [-0.2, 0) is 0 Å². The highest BCUT2D eigenvalue weighted by Crippen LogP contribution is 2.21. The number of aromatic nitrogens is 2. The molecule has 1 aromatic carbocycles. The molecule has 2 aromatic rings. The number of nitrogens with two attached hydrogens (primary N) is 1. The summed E-state index contributed by atoms with van der Waals surface area (Å²) in [7, 11) is 0. The third-order valence-corrected chi connectivity index (χ3v) is 3.15. The Labute approximate surface area is 131 Å². The fourth-order valence-corrected chi connectivity index (χ4v) is 1.95. The Balaban J connectivity index is 2.33. The molecule has 0 aliphatic heterocycles. The summed E-state index contributed by atoms with van der Waals surface area (Å²) in [4.78, 5) is 20.2. The van der Waals surface area contributed by atoms with Crippen molar-refractivity contribution in [2.24, 2.45) is 0 Å². The molecule has 0 radical (unpaired) electrons. The van der Waals surface area contributed by atoms with E-state index in [-0.39, 0.29) is 11.5 Å². The summed E-state index contributed by atoms with van der Waals surface area (Å²) in [5.74, 6) is -0.667. The van der Waals surface area contributed by atoms with Gasteiger partial charge in [-0.2, -0.15) is 0 Å². The minimum absolute atomic E-state index is 0.0436. The number of aliphatic hydroxyl groups excluding tert-OH is 2. The first-order chi connectivity index (χ1) is 10.5. The van der Waals surface area contributed by atoms with Gasteiger partial charge in [0.1, 0.15) is 0 Å². The van der Waals surface area contributed by atoms with E-state index in [1.54, 1.807) is 24.3 Å². The third kappa shape index (κ3) is 3.70. The van der Waals surface area contributed by atoms with Gasteiger partial charge >= 0.3 is 0 Å². The average Bonchev–Trinajstić information content (AvgIpc) is 2.52. The predicted octanol–water partition coefficient (Wildman–Crippen LogP) is 0.462. The third-order valence-electron chi connectivity index (χ3n) is 2.91. The molecule has 1 amide bonds. The topological polar surface area (TPSA) is 121 Å². The van der Waals surface area contributed by atoms with Gasteiger partial charge in [-0.3, -0.25) is 4.79 Å². The Morgan fingerprint density at radius 3 is 2.73 bits per heavy atom. The number of halogens is 1. The van der Waals surface area contributed by atoms with Crippen molar-refractivity contribution in [2.75, 3.05) is 18.9 Å². The molecule has 0 unspecified atom stereocenters. The molecule has 8 heteroatoms. The number of aliphatic hydroxyl groups is 2. The summed E-state index contributed by atoms with van der Waals surface area (Å²) in [6.07, 6.45) is 1.44. The highest BCUT2D eigenvalue weighted by molar-refractivity contribution is 6.30. The maximum atomic E-state index is 12.1. The van der Waals surface area contributed by atoms with Crippen molar-refractivity contribution in [1.29, 1.82) is 0 Å². The van der Waals surface area contributed by atoms with Crippen LogP contribution in [0, 0.1) is 0 Å². The van der Waals surface area contributed by atoms with Crippen molar-refractivity contribution in [3.05, 3.63) is 41.2 Å². The number of nitrogens with zero attached hydrogens (tertiary/aromatic N) is 2. The summed E-state index contributed by atoms with van der Waals surface area (Å²) >= 11 is 5.93. The molecule has 1 aromatic heterocycles. The van der Waals surface area contributed by atoms with Crippen LogP contribution in [0.25, 0.3) is 11.3 Å². The number of nitrogen functional groups attached to an aromatic ring is 1. The maximum absolute atomic E-state index is 12.1. The Hall–Kier alpha value is -2.22. The summed E-state index contributed by atoms with van der Waals surface area (Å²) < 4.78 is 0. The van der Waals surface area contributed by atoms with E-state index in [2.05, 4.69) is 15.3 Å². The zero-order valence-electron chi connectivity index (χ0n) is 11.5. The van der Waals surface area contributed by atoms with E-state index in [0.717, 1.165) is 0 Å². The number of carbonyl (C=O) groups is 1. The Kier molecular flexibility index (Phi) is 5.26. The molecule has 0 saturated carbocycles. The minimum atomic E-state index is -0.788. The smallest absolute Gasteiger partial charge is 0.274 e. The molecule has 0 atom stereocenters. The molecule has 5 N–H and O–H groups in total. The molecular weight excluding hydrogens is 308 g/mol. The number of nitrogens with one attached hydrogen (secondary N) is 1. The minimum Gasteiger partial charge on any atom is -0.394 e. The lowest BCUT2D eigenvalue weighted by atomic mass is 10.1. The number of carbonyl (C=O) groups excluding carboxylic acids is 1. The number of rotatable bonds is 5. The highest BCUT2D eigenvalue weighted by atomic mass is 35.5. The van der Waals surface area contributed by atoms with E-state index in [1.807, 2.05) is 0 Å². The summed E-state index contributed by atoms with van der Waals surface area (Å²) in [5.41, 5.74) is 6.72. The van der Waals surface area contributed by atoms with E-state index >= 15 is 0 Å². The first-order valence-corrected chi connectivity index (χ1v) is 6.84. The van der Waals surface area contributed by atoms with Crippen molar-refractivity contribution in [3.63, 3.8) is 0 Å². The van der Waals surface area contributed by atoms with Gasteiger partial charge in [-0.1, -0.05) is 23.7 Å². The number of hydrogen-bond donors (Lipinski definition) is 4. The SMILES string of the molecule is Nc1ncc(-c2cccc(Cl)c2)nc1C(=O)NC(CO)CO. The fourth-order valence-electron chi connectivity index (χ4n) is 1.76. The standard InChI is InChI=1S/C14H15ClN4O3/c15-9-3-1-2-8(4-9)11-5-17-13(16)12(19-11)14(22)18-10(6-20)7-21/h1-5,10,20-21H,6-7H2,(H2,16,17)(H,18,22). The van der Waals surface area contributed by atoms with Gasteiger partial charge in [-0.25, -0.2) is 9.97 Å². The number of amides is 1. The highest BCUT2D eigenvalue weighted by Gasteiger charge is 2.18. The summed E-state index contributed by atoms with van der Waals surface area (Å²) in [5, 5.41) is 20.9. The molecule has 0 aliphatic carbocycles. The van der Waals surface area contributed by atoms with Gasteiger partial charge in [0.05, 0.1) is 31.1 Å². The lowest BCUT2D eigenvalue weighted by Crippen LogP contribution is -2.40. The summed E-state index contributed by atoms with van der Waals surface area (Å²) in [6.45, 7) is -0.798. The van der Waals surface area contributed by atoms with Crippen LogP contribution in [0.5, 0.6) is 0 Å². The molecule has 2 rings (SSSR count). The first-order valence-electron chi connectivity index (χ1n) is 6.46. The molecule has 0 fully saturated rings. The zero-order valence-corrected chi connectivity index (χ0v) is 12.3. The quantitative estimate of drug-likeness (QED) is 0.634. The zero-order chi connectivity index (χ0) is 16.1. The lowest BCUT2D eigenvalue weighted by molar-refractivity contribution is 0.0875. The Morgan fingerprint density at radius 2 is 2.09 bits per heavy atom. The van der Waals surface area contributed by atoms with Crippen LogP contribution in [-0.4, -0.2) is 45.3 Å². The van der Waals surface area contributed by atoms with Crippen LogP contribution in [0.15, 0.2) is 30.5 Å². The second kappa shape index (κ2) is 7.17. The van der Waals surface area contributed by atoms with Gasteiger partial charge in [0.2, 0.25) is 0 Å². The monoisotopic (exact) mass is 322 g/mol. The van der Waals surface area contributed by atoms with Crippen LogP contribution in [0.4, 0.5) is 5.82 Å². The van der Waals surface area contributed by atoms with Crippen LogP contribution < -0.4 is 11.1 Å². The van der Waals surface area contributed by atoms with Gasteiger partial charge in [0.15, 0.2) is 11.5 Å². The second-order valence-electron chi connectivity index (χ2n) is 4.53. The molecule has 1 heterocycles. The molecule has 7 nitrogen and oxygen atoms in total.